The Morgan fingerprint density at radius 2 is 1.92 bits per heavy atom. The molecule has 26 heavy (non-hydrogen) atoms. The maximum absolute atomic E-state index is 13.1. The van der Waals surface area contributed by atoms with Crippen molar-refractivity contribution in [1.29, 1.82) is 0 Å². The summed E-state index contributed by atoms with van der Waals surface area (Å²) >= 11 is 0. The minimum absolute atomic E-state index is 0.0118. The van der Waals surface area contributed by atoms with Gasteiger partial charge in [0.2, 0.25) is 6.10 Å². The predicted molar refractivity (Wildman–Crippen MR) is 88.3 cm³/mol. The Morgan fingerprint density at radius 3 is 2.58 bits per heavy atom. The number of hydrogen-bond donors (Lipinski definition) is 1. The monoisotopic (exact) mass is 364 g/mol. The minimum Gasteiger partial charge on any atom is -0.497 e. The van der Waals surface area contributed by atoms with Gasteiger partial charge < -0.3 is 14.6 Å². The van der Waals surface area contributed by atoms with E-state index in [1.807, 2.05) is 18.2 Å². The summed E-state index contributed by atoms with van der Waals surface area (Å²) in [6.07, 6.45) is -5.82. The lowest BCUT2D eigenvalue weighted by Crippen LogP contribution is -2.40. The molecule has 0 saturated heterocycles. The van der Waals surface area contributed by atoms with Gasteiger partial charge in [0.05, 0.1) is 12.7 Å². The molecule has 2 aromatic rings. The summed E-state index contributed by atoms with van der Waals surface area (Å²) in [5.41, 5.74) is 1.14. The summed E-state index contributed by atoms with van der Waals surface area (Å²) in [5.74, 6) is -0.959. The second kappa shape index (κ2) is 6.74. The Hall–Kier alpha value is -2.96. The number of carbonyl (C=O) groups is 1. The Balaban J connectivity index is 1.92. The van der Waals surface area contributed by atoms with Crippen LogP contribution in [-0.2, 0) is 11.2 Å². The van der Waals surface area contributed by atoms with Crippen molar-refractivity contribution in [2.24, 2.45) is 0 Å². The number of halogens is 3. The van der Waals surface area contributed by atoms with Crippen molar-refractivity contribution in [1.82, 2.24) is 0 Å². The van der Waals surface area contributed by atoms with Crippen molar-refractivity contribution in [3.63, 3.8) is 0 Å². The molecule has 0 bridgehead atoms. The van der Waals surface area contributed by atoms with Crippen LogP contribution in [0.15, 0.2) is 48.0 Å². The summed E-state index contributed by atoms with van der Waals surface area (Å²) in [7, 11) is 1.55. The van der Waals surface area contributed by atoms with Gasteiger partial charge >= 0.3 is 12.1 Å². The molecule has 136 valence electrons. The van der Waals surface area contributed by atoms with Crippen molar-refractivity contribution < 1.29 is 32.5 Å². The molecule has 4 nitrogen and oxygen atoms in total. The van der Waals surface area contributed by atoms with Crippen molar-refractivity contribution in [2.45, 2.75) is 18.7 Å². The zero-order valence-corrected chi connectivity index (χ0v) is 13.7. The largest absolute Gasteiger partial charge is 0.497 e. The highest BCUT2D eigenvalue weighted by Crippen LogP contribution is 2.38. The van der Waals surface area contributed by atoms with Crippen LogP contribution in [0.2, 0.25) is 0 Å². The molecule has 0 radical (unpaired) electrons. The highest BCUT2D eigenvalue weighted by atomic mass is 19.4. The van der Waals surface area contributed by atoms with E-state index in [4.69, 9.17) is 14.6 Å². The third kappa shape index (κ3) is 3.66. The van der Waals surface area contributed by atoms with Gasteiger partial charge in [0.15, 0.2) is 0 Å². The number of fused-ring (bicyclic) bond motifs is 1. The lowest BCUT2D eigenvalue weighted by molar-refractivity contribution is -0.187. The van der Waals surface area contributed by atoms with Gasteiger partial charge in [-0.15, -0.1) is 0 Å². The number of methoxy groups -OCH3 is 1. The molecule has 0 aliphatic carbocycles. The molecule has 1 unspecified atom stereocenters. The standard InChI is InChI=1S/C19H15F3O4/c1-25-14-4-2-3-11(8-14)7-12-5-6-13-10-15(18(23)24)17(19(20,21)22)26-16(13)9-12/h2-6,8-10,17H,7H2,1H3,(H,23,24). The number of benzene rings is 2. The predicted octanol–water partition coefficient (Wildman–Crippen LogP) is 4.08. The number of carboxylic acids is 1. The molecular formula is C19H15F3O4. The van der Waals surface area contributed by atoms with Crippen LogP contribution in [0.1, 0.15) is 16.7 Å². The van der Waals surface area contributed by atoms with Gasteiger partial charge in [-0.3, -0.25) is 0 Å². The highest BCUT2D eigenvalue weighted by molar-refractivity contribution is 5.95. The molecule has 3 rings (SSSR count). The molecule has 0 amide bonds. The van der Waals surface area contributed by atoms with Gasteiger partial charge in [0.1, 0.15) is 11.5 Å². The van der Waals surface area contributed by atoms with Crippen LogP contribution < -0.4 is 9.47 Å². The summed E-state index contributed by atoms with van der Waals surface area (Å²) < 4.78 is 49.6. The van der Waals surface area contributed by atoms with E-state index in [0.717, 1.165) is 17.2 Å². The van der Waals surface area contributed by atoms with Crippen molar-refractivity contribution >= 4 is 12.0 Å². The average Bonchev–Trinajstić information content (AvgIpc) is 2.60. The van der Waals surface area contributed by atoms with Crippen molar-refractivity contribution in [3.8, 4) is 11.5 Å². The highest BCUT2D eigenvalue weighted by Gasteiger charge is 2.48. The molecule has 1 aliphatic rings. The SMILES string of the molecule is COc1cccc(Cc2ccc3c(c2)OC(C(F)(F)F)C(C(=O)O)=C3)c1. The normalized spacial score (nSPS) is 16.3. The molecule has 0 spiro atoms. The van der Waals surface area contributed by atoms with Crippen LogP contribution in [0.3, 0.4) is 0 Å². The Labute approximate surface area is 147 Å². The summed E-state index contributed by atoms with van der Waals surface area (Å²) in [6.45, 7) is 0. The van der Waals surface area contributed by atoms with Gasteiger partial charge in [0, 0.05) is 5.56 Å². The third-order valence-corrected chi connectivity index (χ3v) is 4.00. The topological polar surface area (TPSA) is 55.8 Å². The van der Waals surface area contributed by atoms with E-state index < -0.39 is 23.8 Å². The lowest BCUT2D eigenvalue weighted by atomic mass is 9.98. The second-order valence-electron chi connectivity index (χ2n) is 5.84. The van der Waals surface area contributed by atoms with Crippen LogP contribution >= 0.6 is 0 Å². The summed E-state index contributed by atoms with van der Waals surface area (Å²) in [4.78, 5) is 11.1. The van der Waals surface area contributed by atoms with Crippen LogP contribution in [0.4, 0.5) is 13.2 Å². The Bertz CT molecular complexity index is 871. The Morgan fingerprint density at radius 1 is 1.19 bits per heavy atom. The van der Waals surface area contributed by atoms with Crippen LogP contribution in [0, 0.1) is 0 Å². The Kier molecular flexibility index (Phi) is 4.63. The van der Waals surface area contributed by atoms with Crippen LogP contribution in [0.25, 0.3) is 6.08 Å². The first kappa shape index (κ1) is 17.8. The molecule has 1 atom stereocenters. The van der Waals surface area contributed by atoms with Gasteiger partial charge in [-0.25, -0.2) is 4.79 Å². The average molecular weight is 364 g/mol. The van der Waals surface area contributed by atoms with Crippen molar-refractivity contribution in [2.75, 3.05) is 7.11 Å². The molecule has 0 saturated carbocycles. The fraction of sp³-hybridized carbons (Fsp3) is 0.211. The van der Waals surface area contributed by atoms with E-state index in [2.05, 4.69) is 0 Å². The third-order valence-electron chi connectivity index (χ3n) is 4.00. The van der Waals surface area contributed by atoms with E-state index in [0.29, 0.717) is 17.7 Å². The zero-order chi connectivity index (χ0) is 18.9. The van der Waals surface area contributed by atoms with E-state index in [9.17, 15) is 18.0 Å². The number of hydrogen-bond acceptors (Lipinski definition) is 3. The van der Waals surface area contributed by atoms with E-state index in [-0.39, 0.29) is 5.75 Å². The van der Waals surface area contributed by atoms with Gasteiger partial charge in [-0.05, 0) is 41.8 Å². The van der Waals surface area contributed by atoms with Crippen LogP contribution in [-0.4, -0.2) is 30.5 Å². The number of rotatable bonds is 4. The summed E-state index contributed by atoms with van der Waals surface area (Å²) in [6, 6.07) is 12.1. The molecule has 0 fully saturated rings. The van der Waals surface area contributed by atoms with Crippen LogP contribution in [0.5, 0.6) is 11.5 Å². The van der Waals surface area contributed by atoms with E-state index in [1.54, 1.807) is 25.3 Å². The molecule has 1 N–H and O–H groups in total. The first-order valence-corrected chi connectivity index (χ1v) is 7.72. The minimum atomic E-state index is -4.81. The van der Waals surface area contributed by atoms with Crippen molar-refractivity contribution in [3.05, 3.63) is 64.7 Å². The first-order valence-electron chi connectivity index (χ1n) is 7.72. The zero-order valence-electron chi connectivity index (χ0n) is 13.7. The number of ether oxygens (including phenoxy) is 2. The fourth-order valence-corrected chi connectivity index (χ4v) is 2.78. The maximum Gasteiger partial charge on any atom is 0.430 e. The van der Waals surface area contributed by atoms with E-state index in [1.165, 1.54) is 6.07 Å². The fourth-order valence-electron chi connectivity index (χ4n) is 2.78. The number of carboxylic acid groups (broad SMARTS) is 1. The maximum atomic E-state index is 13.1. The molecule has 1 heterocycles. The van der Waals surface area contributed by atoms with E-state index >= 15 is 0 Å². The molecule has 2 aromatic carbocycles. The second-order valence-corrected chi connectivity index (χ2v) is 5.84. The van der Waals surface area contributed by atoms with Gasteiger partial charge in [-0.2, -0.15) is 13.2 Å². The number of aliphatic carboxylic acids is 1. The molecule has 7 heteroatoms. The quantitative estimate of drug-likeness (QED) is 0.888. The smallest absolute Gasteiger partial charge is 0.430 e. The summed E-state index contributed by atoms with van der Waals surface area (Å²) in [5, 5.41) is 9.04. The first-order chi connectivity index (χ1) is 12.3. The van der Waals surface area contributed by atoms with Gasteiger partial charge in [-0.1, -0.05) is 24.3 Å². The van der Waals surface area contributed by atoms with Gasteiger partial charge in [0.25, 0.3) is 0 Å². The number of alkyl halides is 3. The molecule has 0 aromatic heterocycles. The molecule has 1 aliphatic heterocycles. The lowest BCUT2D eigenvalue weighted by Gasteiger charge is -2.27. The molecular weight excluding hydrogens is 349 g/mol.